The molecule has 0 saturated carbocycles. The van der Waals surface area contributed by atoms with Crippen molar-refractivity contribution in [3.63, 3.8) is 0 Å². The van der Waals surface area contributed by atoms with Crippen molar-refractivity contribution in [2.24, 2.45) is 0 Å². The molecule has 2 aromatic carbocycles. The number of unbranched alkanes of at least 4 members (excludes halogenated alkanes) is 1. The summed E-state index contributed by atoms with van der Waals surface area (Å²) in [7, 11) is 0. The van der Waals surface area contributed by atoms with Crippen LogP contribution in [0.4, 0.5) is 5.69 Å². The molecule has 0 spiro atoms. The molecule has 3 aromatic rings. The fraction of sp³-hybridized carbons (Fsp3) is 0.360. The predicted molar refractivity (Wildman–Crippen MR) is 125 cm³/mol. The summed E-state index contributed by atoms with van der Waals surface area (Å²) in [6, 6.07) is 13.2. The molecule has 32 heavy (non-hydrogen) atoms. The van der Waals surface area contributed by atoms with Gasteiger partial charge in [0.1, 0.15) is 5.69 Å². The molecule has 1 aromatic heterocycles. The summed E-state index contributed by atoms with van der Waals surface area (Å²) in [5.41, 5.74) is 4.39. The fourth-order valence-electron chi connectivity index (χ4n) is 3.63. The minimum atomic E-state index is -0.546. The number of fused-ring (bicyclic) bond motifs is 1. The van der Waals surface area contributed by atoms with Crippen molar-refractivity contribution in [2.75, 3.05) is 11.9 Å². The zero-order valence-corrected chi connectivity index (χ0v) is 18.8. The minimum Gasteiger partial charge on any atom is -0.456 e. The van der Waals surface area contributed by atoms with Gasteiger partial charge >= 0.3 is 5.97 Å². The lowest BCUT2D eigenvalue weighted by molar-refractivity contribution is -0.147. The second kappa shape index (κ2) is 10.7. The summed E-state index contributed by atoms with van der Waals surface area (Å²) >= 11 is 0. The third kappa shape index (κ3) is 6.03. The molecule has 0 atom stereocenters. The maximum absolute atomic E-state index is 12.9. The number of ether oxygens (including phenoxy) is 1. The number of amides is 1. The van der Waals surface area contributed by atoms with E-state index in [9.17, 15) is 14.4 Å². The Balaban J connectivity index is 1.60. The number of carbonyl (C=O) groups excluding carboxylic acids is 2. The molecule has 0 aliphatic rings. The van der Waals surface area contributed by atoms with E-state index < -0.39 is 11.9 Å². The standard InChI is InChI=1S/C25H29N3O4/c1-4-5-12-28-22-9-7-6-8-20(22)27-21(25(28)31)10-11-24(30)32-16-23(29)26-19-14-17(2)13-18(3)15-19/h6-9,13-15H,4-5,10-12,16H2,1-3H3,(H,26,29). The lowest BCUT2D eigenvalue weighted by Gasteiger charge is -2.12. The summed E-state index contributed by atoms with van der Waals surface area (Å²) in [6.07, 6.45) is 1.98. The number of nitrogens with one attached hydrogen (secondary N) is 1. The summed E-state index contributed by atoms with van der Waals surface area (Å²) in [6.45, 7) is 6.19. The Labute approximate surface area is 187 Å². The van der Waals surface area contributed by atoms with Gasteiger partial charge in [0.05, 0.1) is 17.5 Å². The van der Waals surface area contributed by atoms with Crippen LogP contribution in [-0.2, 0) is 27.3 Å². The Hall–Kier alpha value is -3.48. The Bertz CT molecular complexity index is 1160. The number of anilines is 1. The van der Waals surface area contributed by atoms with E-state index in [1.807, 2.05) is 56.3 Å². The van der Waals surface area contributed by atoms with Crippen molar-refractivity contribution in [3.8, 4) is 0 Å². The van der Waals surface area contributed by atoms with E-state index in [-0.39, 0.29) is 25.0 Å². The Morgan fingerprint density at radius 2 is 1.81 bits per heavy atom. The first-order valence-corrected chi connectivity index (χ1v) is 10.9. The van der Waals surface area contributed by atoms with Gasteiger partial charge in [0.2, 0.25) is 0 Å². The van der Waals surface area contributed by atoms with Crippen molar-refractivity contribution >= 4 is 28.6 Å². The molecule has 0 fully saturated rings. The molecule has 0 aliphatic heterocycles. The fourth-order valence-corrected chi connectivity index (χ4v) is 3.63. The molecule has 0 aliphatic carbocycles. The number of nitrogens with zero attached hydrogens (tertiary/aromatic N) is 2. The monoisotopic (exact) mass is 435 g/mol. The SMILES string of the molecule is CCCCn1c(=O)c(CCC(=O)OCC(=O)Nc2cc(C)cc(C)c2)nc2ccccc21. The topological polar surface area (TPSA) is 90.3 Å². The van der Waals surface area contributed by atoms with Gasteiger partial charge in [-0.15, -0.1) is 0 Å². The first-order chi connectivity index (χ1) is 15.4. The number of benzene rings is 2. The molecule has 0 radical (unpaired) electrons. The summed E-state index contributed by atoms with van der Waals surface area (Å²) < 4.78 is 6.82. The molecule has 0 unspecified atom stereocenters. The van der Waals surface area contributed by atoms with Crippen LogP contribution in [0.2, 0.25) is 0 Å². The molecule has 1 N–H and O–H groups in total. The molecule has 3 rings (SSSR count). The van der Waals surface area contributed by atoms with Gasteiger partial charge in [-0.05, 0) is 55.7 Å². The maximum atomic E-state index is 12.9. The van der Waals surface area contributed by atoms with E-state index in [2.05, 4.69) is 17.2 Å². The summed E-state index contributed by atoms with van der Waals surface area (Å²) in [5, 5.41) is 2.73. The molecule has 1 heterocycles. The zero-order chi connectivity index (χ0) is 23.1. The largest absolute Gasteiger partial charge is 0.456 e. The number of aromatic nitrogens is 2. The van der Waals surface area contributed by atoms with E-state index in [1.165, 1.54) is 0 Å². The van der Waals surface area contributed by atoms with Gasteiger partial charge in [-0.1, -0.05) is 31.5 Å². The number of aryl methyl sites for hydroxylation is 4. The van der Waals surface area contributed by atoms with Crippen molar-refractivity contribution in [1.29, 1.82) is 0 Å². The van der Waals surface area contributed by atoms with Gasteiger partial charge in [0, 0.05) is 18.7 Å². The quantitative estimate of drug-likeness (QED) is 0.515. The van der Waals surface area contributed by atoms with Crippen LogP contribution in [0.1, 0.15) is 43.0 Å². The third-order valence-electron chi connectivity index (χ3n) is 5.09. The first kappa shape index (κ1) is 23.2. The van der Waals surface area contributed by atoms with Crippen LogP contribution >= 0.6 is 0 Å². The maximum Gasteiger partial charge on any atom is 0.306 e. The van der Waals surface area contributed by atoms with E-state index in [4.69, 9.17) is 4.74 Å². The van der Waals surface area contributed by atoms with E-state index in [0.29, 0.717) is 17.9 Å². The highest BCUT2D eigenvalue weighted by molar-refractivity contribution is 5.93. The normalized spacial score (nSPS) is 10.8. The third-order valence-corrected chi connectivity index (χ3v) is 5.09. The summed E-state index contributed by atoms with van der Waals surface area (Å²) in [4.78, 5) is 41.7. The predicted octanol–water partition coefficient (Wildman–Crippen LogP) is 3.93. The lowest BCUT2D eigenvalue weighted by Crippen LogP contribution is -2.27. The zero-order valence-electron chi connectivity index (χ0n) is 18.8. The highest BCUT2D eigenvalue weighted by Crippen LogP contribution is 2.14. The average molecular weight is 436 g/mol. The lowest BCUT2D eigenvalue weighted by atomic mass is 10.1. The van der Waals surface area contributed by atoms with Crippen LogP contribution in [0.25, 0.3) is 11.0 Å². The highest BCUT2D eigenvalue weighted by atomic mass is 16.5. The molecule has 0 saturated heterocycles. The second-order valence-electron chi connectivity index (χ2n) is 7.94. The van der Waals surface area contributed by atoms with Crippen LogP contribution in [-0.4, -0.2) is 28.0 Å². The molecule has 7 heteroatoms. The van der Waals surface area contributed by atoms with Crippen LogP contribution < -0.4 is 10.9 Å². The van der Waals surface area contributed by atoms with E-state index in [1.54, 1.807) is 4.57 Å². The van der Waals surface area contributed by atoms with Crippen molar-refractivity contribution in [2.45, 2.75) is 53.0 Å². The second-order valence-corrected chi connectivity index (χ2v) is 7.94. The molecule has 7 nitrogen and oxygen atoms in total. The van der Waals surface area contributed by atoms with Crippen molar-refractivity contribution < 1.29 is 14.3 Å². The van der Waals surface area contributed by atoms with Crippen LogP contribution in [0.15, 0.2) is 47.3 Å². The number of esters is 1. The van der Waals surface area contributed by atoms with Gasteiger partial charge in [-0.3, -0.25) is 14.4 Å². The van der Waals surface area contributed by atoms with Gasteiger partial charge in [-0.2, -0.15) is 0 Å². The van der Waals surface area contributed by atoms with Crippen LogP contribution in [0.5, 0.6) is 0 Å². The molecular formula is C25H29N3O4. The van der Waals surface area contributed by atoms with E-state index >= 15 is 0 Å². The van der Waals surface area contributed by atoms with E-state index in [0.717, 1.165) is 35.0 Å². The molecule has 0 bridgehead atoms. The number of hydrogen-bond donors (Lipinski definition) is 1. The summed E-state index contributed by atoms with van der Waals surface area (Å²) in [5.74, 6) is -0.954. The van der Waals surface area contributed by atoms with Crippen LogP contribution in [0.3, 0.4) is 0 Å². The number of hydrogen-bond acceptors (Lipinski definition) is 5. The van der Waals surface area contributed by atoms with Gasteiger partial charge in [0.15, 0.2) is 6.61 Å². The Morgan fingerprint density at radius 1 is 1.09 bits per heavy atom. The molecule has 1 amide bonds. The van der Waals surface area contributed by atoms with Crippen molar-refractivity contribution in [3.05, 3.63) is 69.6 Å². The average Bonchev–Trinajstić information content (AvgIpc) is 2.75. The Kier molecular flexibility index (Phi) is 7.76. The van der Waals surface area contributed by atoms with Gasteiger partial charge in [-0.25, -0.2) is 4.98 Å². The highest BCUT2D eigenvalue weighted by Gasteiger charge is 2.14. The van der Waals surface area contributed by atoms with Crippen LogP contribution in [0, 0.1) is 13.8 Å². The molecular weight excluding hydrogens is 406 g/mol. The van der Waals surface area contributed by atoms with Gasteiger partial charge < -0.3 is 14.6 Å². The first-order valence-electron chi connectivity index (χ1n) is 10.9. The smallest absolute Gasteiger partial charge is 0.306 e. The number of rotatable bonds is 9. The number of carbonyl (C=O) groups is 2. The Morgan fingerprint density at radius 3 is 2.53 bits per heavy atom. The molecule has 168 valence electrons. The van der Waals surface area contributed by atoms with Crippen molar-refractivity contribution in [1.82, 2.24) is 9.55 Å². The number of para-hydroxylation sites is 2. The minimum absolute atomic E-state index is 0.0226. The van der Waals surface area contributed by atoms with Gasteiger partial charge in [0.25, 0.3) is 11.5 Å².